The van der Waals surface area contributed by atoms with Gasteiger partial charge in [-0.05, 0) is 12.1 Å². The van der Waals surface area contributed by atoms with E-state index < -0.39 is 0 Å². The molecule has 6 nitrogen and oxygen atoms in total. The van der Waals surface area contributed by atoms with E-state index in [-0.39, 0.29) is 23.0 Å². The number of phenolic OH excluding ortho intramolecular Hbond substituents is 1. The molecule has 0 atom stereocenters. The van der Waals surface area contributed by atoms with E-state index in [2.05, 4.69) is 10.4 Å². The van der Waals surface area contributed by atoms with Gasteiger partial charge in [0.05, 0.1) is 18.9 Å². The number of aryl methyl sites for hydroxylation is 1. The van der Waals surface area contributed by atoms with Crippen molar-refractivity contribution in [1.82, 2.24) is 15.1 Å². The Morgan fingerprint density at radius 2 is 2.32 bits per heavy atom. The summed E-state index contributed by atoms with van der Waals surface area (Å²) in [5, 5.41) is 16.6. The van der Waals surface area contributed by atoms with Crippen molar-refractivity contribution in [2.45, 2.75) is 6.54 Å². The van der Waals surface area contributed by atoms with Crippen molar-refractivity contribution in [2.24, 2.45) is 7.05 Å². The average molecular weight is 261 g/mol. The van der Waals surface area contributed by atoms with E-state index in [0.717, 1.165) is 5.56 Å². The number of rotatable bonds is 4. The maximum Gasteiger partial charge on any atom is 0.255 e. The highest BCUT2D eigenvalue weighted by Gasteiger charge is 2.14. The van der Waals surface area contributed by atoms with E-state index >= 15 is 0 Å². The fourth-order valence-electron chi connectivity index (χ4n) is 1.71. The Morgan fingerprint density at radius 1 is 1.53 bits per heavy atom. The Bertz CT molecular complexity index is 593. The van der Waals surface area contributed by atoms with Crippen LogP contribution >= 0.6 is 0 Å². The van der Waals surface area contributed by atoms with E-state index in [9.17, 15) is 9.90 Å². The van der Waals surface area contributed by atoms with Crippen molar-refractivity contribution >= 4 is 5.91 Å². The summed E-state index contributed by atoms with van der Waals surface area (Å²) in [6.45, 7) is 0.351. The fraction of sp³-hybridized carbons (Fsp3) is 0.231. The van der Waals surface area contributed by atoms with Crippen LogP contribution in [0.25, 0.3) is 0 Å². The molecule has 0 spiro atoms. The van der Waals surface area contributed by atoms with Gasteiger partial charge in [0.1, 0.15) is 0 Å². The summed E-state index contributed by atoms with van der Waals surface area (Å²) < 4.78 is 6.62. The summed E-state index contributed by atoms with van der Waals surface area (Å²) in [5.41, 5.74) is 1.07. The minimum absolute atomic E-state index is 0.159. The highest BCUT2D eigenvalue weighted by Crippen LogP contribution is 2.29. The van der Waals surface area contributed by atoms with Crippen LogP contribution in [0.1, 0.15) is 15.9 Å². The van der Waals surface area contributed by atoms with Gasteiger partial charge in [0.25, 0.3) is 5.91 Å². The number of para-hydroxylation sites is 1. The monoisotopic (exact) mass is 261 g/mol. The summed E-state index contributed by atoms with van der Waals surface area (Å²) in [6, 6.07) is 4.78. The van der Waals surface area contributed by atoms with Gasteiger partial charge in [-0.2, -0.15) is 5.10 Å². The van der Waals surface area contributed by atoms with Crippen LogP contribution in [0.3, 0.4) is 0 Å². The molecule has 1 aromatic heterocycles. The number of phenols is 1. The van der Waals surface area contributed by atoms with Crippen LogP contribution < -0.4 is 10.1 Å². The van der Waals surface area contributed by atoms with Gasteiger partial charge < -0.3 is 15.2 Å². The zero-order valence-electron chi connectivity index (χ0n) is 10.8. The zero-order chi connectivity index (χ0) is 13.8. The number of amides is 1. The molecule has 1 heterocycles. The van der Waals surface area contributed by atoms with Gasteiger partial charge in [0.15, 0.2) is 11.5 Å². The van der Waals surface area contributed by atoms with Gasteiger partial charge in [0, 0.05) is 25.4 Å². The number of methoxy groups -OCH3 is 1. The van der Waals surface area contributed by atoms with Crippen molar-refractivity contribution < 1.29 is 14.6 Å². The number of hydrogen-bond acceptors (Lipinski definition) is 4. The summed E-state index contributed by atoms with van der Waals surface area (Å²) in [5.74, 6) is -0.247. The quantitative estimate of drug-likeness (QED) is 0.863. The van der Waals surface area contributed by atoms with Crippen LogP contribution in [0, 0.1) is 0 Å². The van der Waals surface area contributed by atoms with Crippen LogP contribution in [-0.4, -0.2) is 27.9 Å². The minimum atomic E-state index is -0.361. The average Bonchev–Trinajstić information content (AvgIpc) is 2.82. The van der Waals surface area contributed by atoms with Crippen LogP contribution in [0.5, 0.6) is 11.5 Å². The number of benzene rings is 1. The first-order valence-electron chi connectivity index (χ1n) is 5.73. The Labute approximate surface area is 110 Å². The molecule has 0 saturated carbocycles. The molecule has 2 N–H and O–H groups in total. The lowest BCUT2D eigenvalue weighted by atomic mass is 10.1. The lowest BCUT2D eigenvalue weighted by Gasteiger charge is -2.08. The second-order valence-corrected chi connectivity index (χ2v) is 4.06. The molecule has 0 unspecified atom stereocenters. The third kappa shape index (κ3) is 2.85. The maximum atomic E-state index is 12.0. The number of nitrogens with zero attached hydrogens (tertiary/aromatic N) is 2. The van der Waals surface area contributed by atoms with E-state index in [0.29, 0.717) is 6.54 Å². The zero-order valence-corrected chi connectivity index (χ0v) is 10.8. The Balaban J connectivity index is 2.08. The van der Waals surface area contributed by atoms with Crippen LogP contribution in [-0.2, 0) is 13.6 Å². The predicted octanol–water partition coefficient (Wildman–Crippen LogP) is 1.06. The Kier molecular flexibility index (Phi) is 3.70. The smallest absolute Gasteiger partial charge is 0.255 e. The van der Waals surface area contributed by atoms with Crippen molar-refractivity contribution in [1.29, 1.82) is 0 Å². The lowest BCUT2D eigenvalue weighted by Crippen LogP contribution is -2.22. The van der Waals surface area contributed by atoms with Crippen LogP contribution in [0.4, 0.5) is 0 Å². The molecule has 1 amide bonds. The first kappa shape index (κ1) is 12.9. The number of aromatic hydroxyl groups is 1. The molecule has 0 fully saturated rings. The van der Waals surface area contributed by atoms with E-state index in [1.54, 1.807) is 30.1 Å². The summed E-state index contributed by atoms with van der Waals surface area (Å²) in [6.07, 6.45) is 3.48. The molecule has 2 rings (SSSR count). The summed E-state index contributed by atoms with van der Waals surface area (Å²) in [7, 11) is 3.24. The highest BCUT2D eigenvalue weighted by molar-refractivity contribution is 5.97. The molecule has 1 aromatic carbocycles. The number of aromatic nitrogens is 2. The standard InChI is InChI=1S/C13H15N3O3/c1-16-8-9(7-15-16)6-14-13(18)10-4-3-5-11(19-2)12(10)17/h3-5,7-8,17H,6H2,1-2H3,(H,14,18). The van der Waals surface area contributed by atoms with Crippen molar-refractivity contribution in [3.63, 3.8) is 0 Å². The molecular weight excluding hydrogens is 246 g/mol. The molecule has 0 bridgehead atoms. The number of carbonyl (C=O) groups is 1. The van der Waals surface area contributed by atoms with Gasteiger partial charge in [0.2, 0.25) is 0 Å². The third-order valence-corrected chi connectivity index (χ3v) is 2.67. The largest absolute Gasteiger partial charge is 0.504 e. The second kappa shape index (κ2) is 5.43. The molecule has 0 aliphatic heterocycles. The van der Waals surface area contributed by atoms with Crippen LogP contribution in [0.15, 0.2) is 30.6 Å². The lowest BCUT2D eigenvalue weighted by molar-refractivity contribution is 0.0947. The van der Waals surface area contributed by atoms with Gasteiger partial charge in [-0.3, -0.25) is 9.48 Å². The first-order chi connectivity index (χ1) is 9.11. The SMILES string of the molecule is COc1cccc(C(=O)NCc2cnn(C)c2)c1O. The molecule has 100 valence electrons. The number of hydrogen-bond donors (Lipinski definition) is 2. The number of nitrogens with one attached hydrogen (secondary N) is 1. The van der Waals surface area contributed by atoms with Gasteiger partial charge in [-0.1, -0.05) is 6.07 Å². The van der Waals surface area contributed by atoms with E-state index in [1.807, 2.05) is 6.20 Å². The minimum Gasteiger partial charge on any atom is -0.504 e. The van der Waals surface area contributed by atoms with Gasteiger partial charge >= 0.3 is 0 Å². The van der Waals surface area contributed by atoms with E-state index in [1.165, 1.54) is 13.2 Å². The molecular formula is C13H15N3O3. The van der Waals surface area contributed by atoms with Gasteiger partial charge in [-0.25, -0.2) is 0 Å². The van der Waals surface area contributed by atoms with Crippen molar-refractivity contribution in [3.8, 4) is 11.5 Å². The summed E-state index contributed by atoms with van der Waals surface area (Å²) >= 11 is 0. The van der Waals surface area contributed by atoms with Crippen LogP contribution in [0.2, 0.25) is 0 Å². The Hall–Kier alpha value is -2.50. The second-order valence-electron chi connectivity index (χ2n) is 4.06. The molecule has 0 radical (unpaired) electrons. The number of carbonyl (C=O) groups excluding carboxylic acids is 1. The number of ether oxygens (including phenoxy) is 1. The molecule has 6 heteroatoms. The first-order valence-corrected chi connectivity index (χ1v) is 5.73. The van der Waals surface area contributed by atoms with Gasteiger partial charge in [-0.15, -0.1) is 0 Å². The third-order valence-electron chi connectivity index (χ3n) is 2.67. The normalized spacial score (nSPS) is 10.2. The maximum absolute atomic E-state index is 12.0. The summed E-state index contributed by atoms with van der Waals surface area (Å²) in [4.78, 5) is 12.0. The predicted molar refractivity (Wildman–Crippen MR) is 69.0 cm³/mol. The molecule has 19 heavy (non-hydrogen) atoms. The molecule has 0 aliphatic carbocycles. The van der Waals surface area contributed by atoms with Crippen molar-refractivity contribution in [2.75, 3.05) is 7.11 Å². The molecule has 0 saturated heterocycles. The highest BCUT2D eigenvalue weighted by atomic mass is 16.5. The molecule has 0 aliphatic rings. The molecule has 2 aromatic rings. The van der Waals surface area contributed by atoms with E-state index in [4.69, 9.17) is 4.74 Å². The Morgan fingerprint density at radius 3 is 2.95 bits per heavy atom. The topological polar surface area (TPSA) is 76.4 Å². The fourth-order valence-corrected chi connectivity index (χ4v) is 1.71. The van der Waals surface area contributed by atoms with Crippen molar-refractivity contribution in [3.05, 3.63) is 41.7 Å².